The van der Waals surface area contributed by atoms with Crippen molar-refractivity contribution in [3.63, 3.8) is 0 Å². The maximum absolute atomic E-state index is 11.9. The van der Waals surface area contributed by atoms with Crippen molar-refractivity contribution in [3.05, 3.63) is 36.8 Å². The van der Waals surface area contributed by atoms with E-state index in [2.05, 4.69) is 32.9 Å². The van der Waals surface area contributed by atoms with Gasteiger partial charge >= 0.3 is 0 Å². The van der Waals surface area contributed by atoms with Crippen molar-refractivity contribution in [2.45, 2.75) is 38.1 Å². The van der Waals surface area contributed by atoms with E-state index in [9.17, 15) is 4.79 Å². The highest BCUT2D eigenvalue weighted by Crippen LogP contribution is 2.35. The number of allylic oxidation sites excluding steroid dienone is 2. The zero-order valence-corrected chi connectivity index (χ0v) is 14.3. The van der Waals surface area contributed by atoms with Crippen LogP contribution in [0.2, 0.25) is 0 Å². The Labute approximate surface area is 147 Å². The molecule has 1 unspecified atom stereocenters. The van der Waals surface area contributed by atoms with Crippen LogP contribution in [-0.4, -0.2) is 44.9 Å². The Bertz CT molecular complexity index is 837. The van der Waals surface area contributed by atoms with E-state index in [0.717, 1.165) is 49.1 Å². The Morgan fingerprint density at radius 1 is 1.40 bits per heavy atom. The number of rotatable bonds is 4. The van der Waals surface area contributed by atoms with Crippen LogP contribution in [0.5, 0.6) is 0 Å². The molecule has 0 aromatic carbocycles. The number of hydrogen-bond acceptors (Lipinski definition) is 4. The monoisotopic (exact) mass is 337 g/mol. The number of carbonyl (C=O) groups is 1. The normalized spacial score (nSPS) is 20.6. The van der Waals surface area contributed by atoms with E-state index in [4.69, 9.17) is 0 Å². The Kier molecular flexibility index (Phi) is 4.26. The lowest BCUT2D eigenvalue weighted by Gasteiger charge is -2.33. The molecule has 0 radical (unpaired) electrons. The number of nitrogens with zero attached hydrogens (tertiary/aromatic N) is 3. The number of anilines is 1. The number of amides is 1. The molecule has 1 atom stereocenters. The molecule has 2 aliphatic rings. The molecule has 0 saturated carbocycles. The van der Waals surface area contributed by atoms with E-state index in [-0.39, 0.29) is 11.9 Å². The molecule has 1 aliphatic heterocycles. The third-order valence-corrected chi connectivity index (χ3v) is 5.11. The largest absolute Gasteiger partial charge is 0.365 e. The highest BCUT2D eigenvalue weighted by atomic mass is 16.2. The second-order valence-electron chi connectivity index (χ2n) is 6.74. The van der Waals surface area contributed by atoms with Gasteiger partial charge in [0.1, 0.15) is 17.8 Å². The lowest BCUT2D eigenvalue weighted by atomic mass is 10.0. The number of hydrogen-bond donors (Lipinski definition) is 2. The summed E-state index contributed by atoms with van der Waals surface area (Å²) in [5, 5.41) is 4.61. The van der Waals surface area contributed by atoms with Crippen LogP contribution in [0.25, 0.3) is 16.6 Å². The Morgan fingerprint density at radius 2 is 2.32 bits per heavy atom. The van der Waals surface area contributed by atoms with Crippen LogP contribution >= 0.6 is 0 Å². The molecule has 0 bridgehead atoms. The zero-order chi connectivity index (χ0) is 17.2. The first kappa shape index (κ1) is 15.9. The van der Waals surface area contributed by atoms with E-state index in [1.807, 2.05) is 11.1 Å². The maximum Gasteiger partial charge on any atom is 0.246 e. The summed E-state index contributed by atoms with van der Waals surface area (Å²) in [7, 11) is 0. The van der Waals surface area contributed by atoms with Gasteiger partial charge in [-0.1, -0.05) is 12.7 Å². The molecule has 130 valence electrons. The van der Waals surface area contributed by atoms with Crippen molar-refractivity contribution >= 4 is 28.3 Å². The Hall–Kier alpha value is -2.63. The first-order chi connectivity index (χ1) is 12.3. The minimum atomic E-state index is -0.00206. The summed E-state index contributed by atoms with van der Waals surface area (Å²) in [6.45, 7) is 5.07. The summed E-state index contributed by atoms with van der Waals surface area (Å²) >= 11 is 0. The molecule has 2 N–H and O–H groups in total. The Morgan fingerprint density at radius 3 is 3.12 bits per heavy atom. The van der Waals surface area contributed by atoms with Crippen LogP contribution in [0.15, 0.2) is 31.3 Å². The smallest absolute Gasteiger partial charge is 0.246 e. The third kappa shape index (κ3) is 3.04. The van der Waals surface area contributed by atoms with Crippen LogP contribution in [0, 0.1) is 0 Å². The SMILES string of the molecule is C=CC(=O)N1CCCC(Nc2ncnc3[nH]cc(C4=CCCC4)c23)C1. The molecule has 1 fully saturated rings. The van der Waals surface area contributed by atoms with Crippen LogP contribution in [-0.2, 0) is 4.79 Å². The van der Waals surface area contributed by atoms with Gasteiger partial charge in [-0.15, -0.1) is 0 Å². The predicted octanol–water partition coefficient (Wildman–Crippen LogP) is 3.11. The second-order valence-corrected chi connectivity index (χ2v) is 6.74. The molecule has 1 aliphatic carbocycles. The molecular weight excluding hydrogens is 314 g/mol. The van der Waals surface area contributed by atoms with E-state index >= 15 is 0 Å². The summed E-state index contributed by atoms with van der Waals surface area (Å²) in [5.41, 5.74) is 3.43. The zero-order valence-electron chi connectivity index (χ0n) is 14.3. The molecule has 3 heterocycles. The number of carbonyl (C=O) groups excluding carboxylic acids is 1. The van der Waals surface area contributed by atoms with E-state index in [1.165, 1.54) is 23.6 Å². The highest BCUT2D eigenvalue weighted by molar-refractivity contribution is 5.98. The van der Waals surface area contributed by atoms with Crippen LogP contribution in [0.3, 0.4) is 0 Å². The fourth-order valence-corrected chi connectivity index (χ4v) is 3.86. The van der Waals surface area contributed by atoms with Crippen molar-refractivity contribution in [1.82, 2.24) is 19.9 Å². The molecule has 1 saturated heterocycles. The van der Waals surface area contributed by atoms with E-state index in [1.54, 1.807) is 6.33 Å². The lowest BCUT2D eigenvalue weighted by molar-refractivity contribution is -0.127. The number of aromatic amines is 1. The van der Waals surface area contributed by atoms with Crippen LogP contribution in [0.4, 0.5) is 5.82 Å². The van der Waals surface area contributed by atoms with Crippen molar-refractivity contribution in [1.29, 1.82) is 0 Å². The third-order valence-electron chi connectivity index (χ3n) is 5.11. The molecular formula is C19H23N5O. The Balaban J connectivity index is 1.62. The molecule has 2 aromatic rings. The number of aromatic nitrogens is 3. The standard InChI is InChI=1S/C19H23N5O/c1-2-16(25)24-9-5-8-14(11-24)23-19-17-15(13-6-3-4-7-13)10-20-18(17)21-12-22-19/h2,6,10,12,14H,1,3-5,7-9,11H2,(H2,20,21,22,23). The summed E-state index contributed by atoms with van der Waals surface area (Å²) in [4.78, 5) is 25.9. The lowest BCUT2D eigenvalue weighted by Crippen LogP contribution is -2.44. The summed E-state index contributed by atoms with van der Waals surface area (Å²) in [5.74, 6) is 0.852. The van der Waals surface area contributed by atoms with Gasteiger partial charge in [0.05, 0.1) is 5.39 Å². The minimum absolute atomic E-state index is 0.00206. The highest BCUT2D eigenvalue weighted by Gasteiger charge is 2.24. The molecule has 25 heavy (non-hydrogen) atoms. The molecule has 2 aromatic heterocycles. The number of nitrogens with one attached hydrogen (secondary N) is 2. The van der Waals surface area contributed by atoms with Crippen molar-refractivity contribution in [2.24, 2.45) is 0 Å². The first-order valence-corrected chi connectivity index (χ1v) is 8.95. The number of H-pyrrole nitrogens is 1. The van der Waals surface area contributed by atoms with Crippen molar-refractivity contribution < 1.29 is 4.79 Å². The molecule has 1 amide bonds. The number of fused-ring (bicyclic) bond motifs is 1. The average Bonchev–Trinajstić information content (AvgIpc) is 3.31. The van der Waals surface area contributed by atoms with Gasteiger partial charge in [0.15, 0.2) is 0 Å². The van der Waals surface area contributed by atoms with Gasteiger partial charge in [0.2, 0.25) is 5.91 Å². The van der Waals surface area contributed by atoms with Crippen molar-refractivity contribution in [3.8, 4) is 0 Å². The molecule has 6 heteroatoms. The van der Waals surface area contributed by atoms with E-state index < -0.39 is 0 Å². The fourth-order valence-electron chi connectivity index (χ4n) is 3.86. The van der Waals surface area contributed by atoms with Crippen LogP contribution < -0.4 is 5.32 Å². The topological polar surface area (TPSA) is 73.9 Å². The molecule has 6 nitrogen and oxygen atoms in total. The molecule has 4 rings (SSSR count). The minimum Gasteiger partial charge on any atom is -0.365 e. The van der Waals surface area contributed by atoms with Gasteiger partial charge < -0.3 is 15.2 Å². The second kappa shape index (κ2) is 6.70. The quantitative estimate of drug-likeness (QED) is 0.841. The molecule has 0 spiro atoms. The summed E-state index contributed by atoms with van der Waals surface area (Å²) in [6, 6.07) is 0.191. The van der Waals surface area contributed by atoms with Gasteiger partial charge in [0.25, 0.3) is 0 Å². The summed E-state index contributed by atoms with van der Waals surface area (Å²) in [6.07, 6.45) is 12.8. The average molecular weight is 337 g/mol. The van der Waals surface area contributed by atoms with E-state index in [0.29, 0.717) is 6.54 Å². The van der Waals surface area contributed by atoms with Crippen molar-refractivity contribution in [2.75, 3.05) is 18.4 Å². The predicted molar refractivity (Wildman–Crippen MR) is 99.1 cm³/mol. The first-order valence-electron chi connectivity index (χ1n) is 8.95. The van der Waals surface area contributed by atoms with Crippen LogP contribution in [0.1, 0.15) is 37.7 Å². The van der Waals surface area contributed by atoms with Gasteiger partial charge in [-0.05, 0) is 43.8 Å². The maximum atomic E-state index is 11.9. The number of likely N-dealkylation sites (tertiary alicyclic amines) is 1. The van der Waals surface area contributed by atoms with Gasteiger partial charge in [0, 0.05) is 30.9 Å². The van der Waals surface area contributed by atoms with Gasteiger partial charge in [-0.25, -0.2) is 9.97 Å². The number of piperidine rings is 1. The summed E-state index contributed by atoms with van der Waals surface area (Å²) < 4.78 is 0. The fraction of sp³-hybridized carbons (Fsp3) is 0.421. The van der Waals surface area contributed by atoms with Gasteiger partial charge in [-0.3, -0.25) is 4.79 Å². The van der Waals surface area contributed by atoms with Gasteiger partial charge in [-0.2, -0.15) is 0 Å².